The Morgan fingerprint density at radius 1 is 1.00 bits per heavy atom. The normalized spacial score (nSPS) is 11.2. The van der Waals surface area contributed by atoms with E-state index in [4.69, 9.17) is 0 Å². The fourth-order valence-corrected chi connectivity index (χ4v) is 2.59. The van der Waals surface area contributed by atoms with Crippen molar-refractivity contribution in [1.29, 1.82) is 0 Å². The van der Waals surface area contributed by atoms with Crippen LogP contribution in [0.4, 0.5) is 0 Å². The first kappa shape index (κ1) is 15.3. The second-order valence-corrected chi connectivity index (χ2v) is 6.93. The van der Waals surface area contributed by atoms with Gasteiger partial charge in [0.15, 0.2) is 0 Å². The summed E-state index contributed by atoms with van der Waals surface area (Å²) >= 11 is 6.79. The number of carbonyl (C=O) groups excluding carboxylic acids is 1. The molecule has 0 saturated heterocycles. The van der Waals surface area contributed by atoms with Gasteiger partial charge in [0.1, 0.15) is 0 Å². The molecule has 0 aromatic heterocycles. The van der Waals surface area contributed by atoms with Gasteiger partial charge in [0.2, 0.25) is 0 Å². The minimum Gasteiger partial charge on any atom is -0.343 e. The predicted octanol–water partition coefficient (Wildman–Crippen LogP) is 4.88. The fraction of sp³-hybridized carbons (Fsp3) is 0.188. The minimum atomic E-state index is -0.430. The van der Waals surface area contributed by atoms with Crippen molar-refractivity contribution in [1.82, 2.24) is 5.32 Å². The van der Waals surface area contributed by atoms with E-state index in [0.29, 0.717) is 5.56 Å². The second kappa shape index (κ2) is 6.10. The first-order valence-electron chi connectivity index (χ1n) is 6.22. The Morgan fingerprint density at radius 3 is 2.25 bits per heavy atom. The van der Waals surface area contributed by atoms with Crippen LogP contribution in [0.15, 0.2) is 57.5 Å². The average molecular weight is 397 g/mol. The van der Waals surface area contributed by atoms with Crippen molar-refractivity contribution in [2.24, 2.45) is 0 Å². The highest BCUT2D eigenvalue weighted by atomic mass is 79.9. The van der Waals surface area contributed by atoms with Gasteiger partial charge in [-0.25, -0.2) is 0 Å². The topological polar surface area (TPSA) is 29.1 Å². The molecule has 0 saturated carbocycles. The monoisotopic (exact) mass is 395 g/mol. The third-order valence-corrected chi connectivity index (χ3v) is 4.10. The molecule has 1 amide bonds. The standard InChI is InChI=1S/C16H15Br2NO/c1-16(2,12-6-8-13(17)9-7-12)19-15(20)11-4-3-5-14(18)10-11/h3-10H,1-2H3,(H,19,20). The molecule has 20 heavy (non-hydrogen) atoms. The fourth-order valence-electron chi connectivity index (χ4n) is 1.92. The molecule has 2 rings (SSSR count). The molecule has 0 radical (unpaired) electrons. The molecule has 0 bridgehead atoms. The summed E-state index contributed by atoms with van der Waals surface area (Å²) < 4.78 is 1.92. The number of carbonyl (C=O) groups is 1. The highest BCUT2D eigenvalue weighted by molar-refractivity contribution is 9.10. The van der Waals surface area contributed by atoms with Gasteiger partial charge < -0.3 is 5.32 Å². The number of hydrogen-bond acceptors (Lipinski definition) is 1. The molecule has 0 fully saturated rings. The molecule has 104 valence electrons. The SMILES string of the molecule is CC(C)(NC(=O)c1cccc(Br)c1)c1ccc(Br)cc1. The molecular formula is C16H15Br2NO. The maximum absolute atomic E-state index is 12.3. The van der Waals surface area contributed by atoms with Crippen LogP contribution in [0, 0.1) is 0 Å². The Labute approximate surface area is 135 Å². The lowest BCUT2D eigenvalue weighted by Crippen LogP contribution is -2.40. The summed E-state index contributed by atoms with van der Waals surface area (Å²) in [4.78, 5) is 12.3. The number of hydrogen-bond donors (Lipinski definition) is 1. The molecule has 0 spiro atoms. The summed E-state index contributed by atoms with van der Waals surface area (Å²) in [6, 6.07) is 15.3. The Hall–Kier alpha value is -1.13. The van der Waals surface area contributed by atoms with Crippen LogP contribution in [0.2, 0.25) is 0 Å². The third kappa shape index (κ3) is 3.70. The van der Waals surface area contributed by atoms with Crippen LogP contribution in [0.5, 0.6) is 0 Å². The van der Waals surface area contributed by atoms with Crippen molar-refractivity contribution in [2.75, 3.05) is 0 Å². The van der Waals surface area contributed by atoms with Gasteiger partial charge in [-0.3, -0.25) is 4.79 Å². The summed E-state index contributed by atoms with van der Waals surface area (Å²) in [7, 11) is 0. The highest BCUT2D eigenvalue weighted by Crippen LogP contribution is 2.23. The first-order valence-corrected chi connectivity index (χ1v) is 7.81. The lowest BCUT2D eigenvalue weighted by Gasteiger charge is -2.27. The van der Waals surface area contributed by atoms with E-state index in [-0.39, 0.29) is 5.91 Å². The highest BCUT2D eigenvalue weighted by Gasteiger charge is 2.23. The van der Waals surface area contributed by atoms with Crippen LogP contribution in [0.3, 0.4) is 0 Å². The molecule has 0 aliphatic carbocycles. The lowest BCUT2D eigenvalue weighted by molar-refractivity contribution is 0.0912. The Morgan fingerprint density at radius 2 is 1.65 bits per heavy atom. The lowest BCUT2D eigenvalue weighted by atomic mass is 9.94. The molecule has 1 N–H and O–H groups in total. The summed E-state index contributed by atoms with van der Waals surface area (Å²) in [5.74, 6) is -0.0841. The maximum atomic E-state index is 12.3. The van der Waals surface area contributed by atoms with E-state index in [9.17, 15) is 4.79 Å². The number of nitrogens with one attached hydrogen (secondary N) is 1. The van der Waals surface area contributed by atoms with Crippen molar-refractivity contribution >= 4 is 37.8 Å². The van der Waals surface area contributed by atoms with E-state index >= 15 is 0 Å². The van der Waals surface area contributed by atoms with E-state index < -0.39 is 5.54 Å². The number of benzene rings is 2. The zero-order valence-electron chi connectivity index (χ0n) is 11.3. The molecule has 0 heterocycles. The zero-order valence-corrected chi connectivity index (χ0v) is 14.5. The molecule has 0 unspecified atom stereocenters. The van der Waals surface area contributed by atoms with Crippen molar-refractivity contribution in [2.45, 2.75) is 19.4 Å². The molecule has 2 aromatic rings. The third-order valence-electron chi connectivity index (χ3n) is 3.08. The van der Waals surface area contributed by atoms with Crippen LogP contribution in [0.1, 0.15) is 29.8 Å². The smallest absolute Gasteiger partial charge is 0.251 e. The zero-order chi connectivity index (χ0) is 14.8. The van der Waals surface area contributed by atoms with Crippen LogP contribution in [0.25, 0.3) is 0 Å². The maximum Gasteiger partial charge on any atom is 0.251 e. The van der Waals surface area contributed by atoms with Gasteiger partial charge in [0, 0.05) is 14.5 Å². The van der Waals surface area contributed by atoms with E-state index in [2.05, 4.69) is 37.2 Å². The molecule has 0 aliphatic heterocycles. The number of halogens is 2. The Bertz CT molecular complexity index is 621. The first-order chi connectivity index (χ1) is 9.38. The van der Waals surface area contributed by atoms with Gasteiger partial charge in [-0.1, -0.05) is 50.1 Å². The van der Waals surface area contributed by atoms with Crippen molar-refractivity contribution < 1.29 is 4.79 Å². The summed E-state index contributed by atoms with van der Waals surface area (Å²) in [5.41, 5.74) is 1.27. The van der Waals surface area contributed by atoms with Gasteiger partial charge >= 0.3 is 0 Å². The van der Waals surface area contributed by atoms with E-state index in [1.807, 2.05) is 56.3 Å². The molecule has 2 nitrogen and oxygen atoms in total. The van der Waals surface area contributed by atoms with E-state index in [1.54, 1.807) is 6.07 Å². The van der Waals surface area contributed by atoms with Gasteiger partial charge in [-0.2, -0.15) is 0 Å². The summed E-state index contributed by atoms with van der Waals surface area (Å²) in [6.07, 6.45) is 0. The molecule has 0 atom stereocenters. The summed E-state index contributed by atoms with van der Waals surface area (Å²) in [5, 5.41) is 3.06. The van der Waals surface area contributed by atoms with Gasteiger partial charge in [0.25, 0.3) is 5.91 Å². The van der Waals surface area contributed by atoms with Crippen molar-refractivity contribution in [3.63, 3.8) is 0 Å². The molecular weight excluding hydrogens is 382 g/mol. The number of amides is 1. The van der Waals surface area contributed by atoms with Crippen LogP contribution in [-0.4, -0.2) is 5.91 Å². The van der Waals surface area contributed by atoms with E-state index in [0.717, 1.165) is 14.5 Å². The molecule has 0 aliphatic rings. The molecule has 2 aromatic carbocycles. The van der Waals surface area contributed by atoms with Crippen molar-refractivity contribution in [3.05, 3.63) is 68.6 Å². The van der Waals surface area contributed by atoms with Crippen molar-refractivity contribution in [3.8, 4) is 0 Å². The Balaban J connectivity index is 2.19. The minimum absolute atomic E-state index is 0.0841. The van der Waals surface area contributed by atoms with Crippen LogP contribution >= 0.6 is 31.9 Å². The number of rotatable bonds is 3. The van der Waals surface area contributed by atoms with Gasteiger partial charge in [0.05, 0.1) is 5.54 Å². The predicted molar refractivity (Wildman–Crippen MR) is 88.8 cm³/mol. The average Bonchev–Trinajstić information content (AvgIpc) is 2.38. The quantitative estimate of drug-likeness (QED) is 0.787. The summed E-state index contributed by atoms with van der Waals surface area (Å²) in [6.45, 7) is 3.98. The second-order valence-electron chi connectivity index (χ2n) is 5.10. The van der Waals surface area contributed by atoms with Gasteiger partial charge in [-0.15, -0.1) is 0 Å². The largest absolute Gasteiger partial charge is 0.343 e. The van der Waals surface area contributed by atoms with E-state index in [1.165, 1.54) is 0 Å². The van der Waals surface area contributed by atoms with Crippen LogP contribution in [-0.2, 0) is 5.54 Å². The van der Waals surface area contributed by atoms with Gasteiger partial charge in [-0.05, 0) is 49.7 Å². The van der Waals surface area contributed by atoms with Crippen LogP contribution < -0.4 is 5.32 Å². The Kier molecular flexibility index (Phi) is 4.66. The molecule has 4 heteroatoms.